The van der Waals surface area contributed by atoms with Crippen LogP contribution in [-0.2, 0) is 14.4 Å². The van der Waals surface area contributed by atoms with E-state index in [9.17, 15) is 19.5 Å². The zero-order chi connectivity index (χ0) is 15.6. The molecule has 1 fully saturated rings. The molecular formula is C11H15I3N2O4. The summed E-state index contributed by atoms with van der Waals surface area (Å²) in [5.74, 6) is -1.93. The molecule has 0 saturated heterocycles. The van der Waals surface area contributed by atoms with Gasteiger partial charge in [-0.15, -0.1) is 0 Å². The van der Waals surface area contributed by atoms with Crippen LogP contribution < -0.4 is 10.6 Å². The molecule has 0 bridgehead atoms. The number of nitrogens with one attached hydrogen (secondary N) is 2. The van der Waals surface area contributed by atoms with Crippen LogP contribution in [0.25, 0.3) is 0 Å². The fourth-order valence-electron chi connectivity index (χ4n) is 2.26. The van der Waals surface area contributed by atoms with Gasteiger partial charge in [0, 0.05) is 21.7 Å². The summed E-state index contributed by atoms with van der Waals surface area (Å²) >= 11 is 6.35. The molecule has 4 unspecified atom stereocenters. The predicted molar refractivity (Wildman–Crippen MR) is 99.8 cm³/mol. The molecule has 0 aromatic rings. The minimum Gasteiger partial charge on any atom is -0.481 e. The lowest BCUT2D eigenvalue weighted by Gasteiger charge is -2.45. The standard InChI is InChI=1S/C11H15I3N2O4/c1-3(17)15-9-6(12)5(11(19)20)7(13)10(8(9)14)16-4(2)18/h5-10H,1-2H3,(H,15,17)(H,16,18)(H,19,20). The molecule has 1 rings (SSSR count). The molecule has 0 aromatic heterocycles. The third kappa shape index (κ3) is 4.30. The Labute approximate surface area is 158 Å². The molecule has 3 N–H and O–H groups in total. The van der Waals surface area contributed by atoms with Crippen molar-refractivity contribution in [1.29, 1.82) is 0 Å². The van der Waals surface area contributed by atoms with E-state index in [2.05, 4.69) is 78.4 Å². The van der Waals surface area contributed by atoms with E-state index in [1.54, 1.807) is 0 Å². The van der Waals surface area contributed by atoms with Crippen molar-refractivity contribution in [3.8, 4) is 0 Å². The van der Waals surface area contributed by atoms with E-state index in [0.717, 1.165) is 0 Å². The van der Waals surface area contributed by atoms with Crippen molar-refractivity contribution in [1.82, 2.24) is 10.6 Å². The van der Waals surface area contributed by atoms with E-state index in [4.69, 9.17) is 0 Å². The Balaban J connectivity index is 3.10. The maximum absolute atomic E-state index is 11.5. The predicted octanol–water partition coefficient (Wildman–Crippen LogP) is 1.12. The second-order valence-electron chi connectivity index (χ2n) is 4.65. The molecule has 6 nitrogen and oxygen atoms in total. The van der Waals surface area contributed by atoms with Gasteiger partial charge in [-0.3, -0.25) is 14.4 Å². The quantitative estimate of drug-likeness (QED) is 0.326. The van der Waals surface area contributed by atoms with Crippen LogP contribution in [0.4, 0.5) is 0 Å². The van der Waals surface area contributed by atoms with Gasteiger partial charge in [0.25, 0.3) is 0 Å². The first kappa shape index (κ1) is 18.6. The number of hydrogen-bond donors (Lipinski definition) is 3. The number of carboxylic acids is 1. The molecule has 0 aliphatic heterocycles. The lowest BCUT2D eigenvalue weighted by molar-refractivity contribution is -0.143. The van der Waals surface area contributed by atoms with E-state index in [1.807, 2.05) is 0 Å². The average Bonchev–Trinajstić information content (AvgIpc) is 2.29. The highest BCUT2D eigenvalue weighted by molar-refractivity contribution is 14.1. The highest BCUT2D eigenvalue weighted by atomic mass is 127. The molecule has 20 heavy (non-hydrogen) atoms. The third-order valence-electron chi connectivity index (χ3n) is 3.08. The monoisotopic (exact) mass is 620 g/mol. The van der Waals surface area contributed by atoms with Crippen molar-refractivity contribution >= 4 is 85.6 Å². The van der Waals surface area contributed by atoms with Crippen LogP contribution in [0.5, 0.6) is 0 Å². The fraction of sp³-hybridized carbons (Fsp3) is 0.727. The second-order valence-corrected chi connectivity index (χ2v) is 8.96. The summed E-state index contributed by atoms with van der Waals surface area (Å²) in [6, 6.07) is -0.588. The van der Waals surface area contributed by atoms with Gasteiger partial charge in [0.2, 0.25) is 11.8 Å². The minimum atomic E-state index is -0.905. The lowest BCUT2D eigenvalue weighted by Crippen LogP contribution is -2.66. The van der Waals surface area contributed by atoms with E-state index in [0.29, 0.717) is 0 Å². The number of carbonyl (C=O) groups excluding carboxylic acids is 2. The van der Waals surface area contributed by atoms with Crippen LogP contribution in [0.2, 0.25) is 0 Å². The molecule has 0 spiro atoms. The molecule has 0 radical (unpaired) electrons. The van der Waals surface area contributed by atoms with Crippen LogP contribution in [-0.4, -0.2) is 46.7 Å². The van der Waals surface area contributed by atoms with E-state index in [-0.39, 0.29) is 35.7 Å². The summed E-state index contributed by atoms with van der Waals surface area (Å²) in [4.78, 5) is 34.2. The van der Waals surface area contributed by atoms with Crippen molar-refractivity contribution in [3.63, 3.8) is 0 Å². The van der Waals surface area contributed by atoms with Gasteiger partial charge >= 0.3 is 5.97 Å². The van der Waals surface area contributed by atoms with Gasteiger partial charge in [0.05, 0.1) is 21.9 Å². The maximum Gasteiger partial charge on any atom is 0.308 e. The molecule has 0 aromatic carbocycles. The topological polar surface area (TPSA) is 95.5 Å². The third-order valence-corrected chi connectivity index (χ3v) is 7.73. The summed E-state index contributed by atoms with van der Waals surface area (Å²) in [5, 5.41) is 15.1. The Morgan fingerprint density at radius 3 is 1.45 bits per heavy atom. The Bertz CT molecular complexity index is 390. The number of carbonyl (C=O) groups is 3. The average molecular weight is 620 g/mol. The van der Waals surface area contributed by atoms with Crippen LogP contribution >= 0.6 is 67.8 Å². The molecule has 2 amide bonds. The molecule has 114 valence electrons. The number of carboxylic acid groups (broad SMARTS) is 1. The smallest absolute Gasteiger partial charge is 0.308 e. The highest BCUT2D eigenvalue weighted by Crippen LogP contribution is 2.39. The normalized spacial score (nSPS) is 37.0. The molecule has 1 aliphatic carbocycles. The van der Waals surface area contributed by atoms with Crippen LogP contribution in [0.15, 0.2) is 0 Å². The van der Waals surface area contributed by atoms with Gasteiger partial charge in [-0.2, -0.15) is 0 Å². The zero-order valence-corrected chi connectivity index (χ0v) is 17.2. The Morgan fingerprint density at radius 2 is 1.20 bits per heavy atom. The van der Waals surface area contributed by atoms with Gasteiger partial charge < -0.3 is 15.7 Å². The summed E-state index contributed by atoms with van der Waals surface area (Å²) < 4.78 is -0.537. The number of rotatable bonds is 3. The Kier molecular flexibility index (Phi) is 7.22. The first-order valence-electron chi connectivity index (χ1n) is 5.86. The van der Waals surface area contributed by atoms with Gasteiger partial charge in [-0.25, -0.2) is 0 Å². The fourth-order valence-corrected chi connectivity index (χ4v) is 8.66. The van der Waals surface area contributed by atoms with E-state index >= 15 is 0 Å². The first-order valence-corrected chi connectivity index (χ1v) is 9.59. The second kappa shape index (κ2) is 7.74. The van der Waals surface area contributed by atoms with Gasteiger partial charge in [-0.05, 0) is 0 Å². The van der Waals surface area contributed by atoms with E-state index < -0.39 is 11.9 Å². The maximum atomic E-state index is 11.5. The minimum absolute atomic E-state index is 0.0696. The van der Waals surface area contributed by atoms with Crippen LogP contribution in [0, 0.1) is 5.92 Å². The van der Waals surface area contributed by atoms with Crippen molar-refractivity contribution in [2.75, 3.05) is 0 Å². The summed E-state index contributed by atoms with van der Waals surface area (Å²) in [6.07, 6.45) is 0. The van der Waals surface area contributed by atoms with Gasteiger partial charge in [0.15, 0.2) is 0 Å². The number of alkyl halides is 3. The number of hydrogen-bond acceptors (Lipinski definition) is 3. The SMILES string of the molecule is CC(=O)NC1C(I)C(NC(C)=O)C(I)C(C(=O)O)C1I. The van der Waals surface area contributed by atoms with Gasteiger partial charge in [-0.1, -0.05) is 67.8 Å². The Morgan fingerprint density at radius 1 is 0.850 bits per heavy atom. The Hall–Kier alpha value is 0.600. The van der Waals surface area contributed by atoms with Crippen LogP contribution in [0.3, 0.4) is 0 Å². The first-order chi connectivity index (χ1) is 9.16. The summed E-state index contributed by atoms with van der Waals surface area (Å²) in [5.41, 5.74) is 0. The summed E-state index contributed by atoms with van der Waals surface area (Å²) in [6.45, 7) is 2.82. The highest BCUT2D eigenvalue weighted by Gasteiger charge is 2.51. The van der Waals surface area contributed by atoms with Crippen molar-refractivity contribution in [3.05, 3.63) is 0 Å². The van der Waals surface area contributed by atoms with E-state index in [1.165, 1.54) is 13.8 Å². The van der Waals surface area contributed by atoms with Crippen molar-refractivity contribution in [2.24, 2.45) is 5.92 Å². The molecular weight excluding hydrogens is 605 g/mol. The lowest BCUT2D eigenvalue weighted by atomic mass is 9.82. The number of aliphatic carboxylic acids is 1. The van der Waals surface area contributed by atoms with Crippen LogP contribution in [0.1, 0.15) is 13.8 Å². The molecule has 1 saturated carbocycles. The molecule has 9 heteroatoms. The summed E-state index contributed by atoms with van der Waals surface area (Å²) in [7, 11) is 0. The molecule has 1 aliphatic rings. The number of amides is 2. The zero-order valence-electron chi connectivity index (χ0n) is 10.8. The number of halogens is 3. The van der Waals surface area contributed by atoms with Crippen molar-refractivity contribution < 1.29 is 19.5 Å². The largest absolute Gasteiger partial charge is 0.481 e. The van der Waals surface area contributed by atoms with Gasteiger partial charge in [0.1, 0.15) is 0 Å². The molecule has 4 atom stereocenters. The molecule has 0 heterocycles. The van der Waals surface area contributed by atoms with Crippen molar-refractivity contribution in [2.45, 2.75) is 37.7 Å².